The molecule has 4 N–H and O–H groups in total. The molecule has 182 valence electrons. The van der Waals surface area contributed by atoms with Gasteiger partial charge >= 0.3 is 6.18 Å². The lowest BCUT2D eigenvalue weighted by molar-refractivity contribution is -0.143. The highest BCUT2D eigenvalue weighted by atomic mass is 35.5. The molecule has 1 aromatic carbocycles. The van der Waals surface area contributed by atoms with E-state index in [9.17, 15) is 32.3 Å². The predicted octanol–water partition coefficient (Wildman–Crippen LogP) is 1.67. The summed E-state index contributed by atoms with van der Waals surface area (Å²) in [5.41, 5.74) is 0. The molecule has 8 nitrogen and oxygen atoms in total. The number of halogens is 5. The summed E-state index contributed by atoms with van der Waals surface area (Å²) in [7, 11) is 0. The molecule has 1 aliphatic heterocycles. The van der Waals surface area contributed by atoms with Crippen molar-refractivity contribution in [3.05, 3.63) is 41.2 Å². The van der Waals surface area contributed by atoms with Crippen LogP contribution in [0.5, 0.6) is 5.75 Å². The first kappa shape index (κ1) is 25.6. The second-order valence-corrected chi connectivity index (χ2v) is 8.59. The normalized spacial score (nSPS) is 27.6. The van der Waals surface area contributed by atoms with Crippen molar-refractivity contribution in [1.29, 1.82) is 0 Å². The summed E-state index contributed by atoms with van der Waals surface area (Å²) in [4.78, 5) is 24.4. The molecular formula is C19H20ClF4N3O5S. The van der Waals surface area contributed by atoms with Crippen LogP contribution in [0.3, 0.4) is 0 Å². The van der Waals surface area contributed by atoms with Crippen molar-refractivity contribution in [2.24, 2.45) is 0 Å². The van der Waals surface area contributed by atoms with Crippen LogP contribution in [0.2, 0.25) is 5.02 Å². The lowest BCUT2D eigenvalue weighted by Crippen LogP contribution is -2.58. The molecule has 0 radical (unpaired) electrons. The highest BCUT2D eigenvalue weighted by Gasteiger charge is 2.45. The average Bonchev–Trinajstić information content (AvgIpc) is 2.76. The van der Waals surface area contributed by atoms with Crippen LogP contribution in [-0.4, -0.2) is 65.9 Å². The molecule has 2 aliphatic rings. The predicted molar refractivity (Wildman–Crippen MR) is 111 cm³/mol. The second kappa shape index (κ2) is 10.9. The first-order valence-electron chi connectivity index (χ1n) is 9.68. The summed E-state index contributed by atoms with van der Waals surface area (Å²) in [6, 6.07) is 1.05. The molecule has 5 unspecified atom stereocenters. The fourth-order valence-corrected chi connectivity index (χ4v) is 3.88. The molecular weight excluding hydrogens is 494 g/mol. The SMILES string of the molecule is O=C(COc1ccc(Cl)c(F)c1)NC1C=CC(NC(=O)C2COSC(C(F)(F)F)N2)CC1O. The zero-order valence-corrected chi connectivity index (χ0v) is 18.3. The standard InChI is InChI=1S/C19H20ClF4N3O5S/c20-11-3-2-10(6-12(11)21)31-8-16(29)26-13-4-1-9(5-15(13)28)25-17(30)14-7-32-33-18(27-14)19(22,23)24/h1-4,6,9,13-15,18,27-28H,5,7-8H2,(H,25,30)(H,26,29). The zero-order chi connectivity index (χ0) is 24.2. The fraction of sp³-hybridized carbons (Fsp3) is 0.474. The third-order valence-corrected chi connectivity index (χ3v) is 5.92. The molecule has 1 aliphatic carbocycles. The number of amides is 2. The highest BCUT2D eigenvalue weighted by Crippen LogP contribution is 2.32. The van der Waals surface area contributed by atoms with Crippen LogP contribution < -0.4 is 20.7 Å². The van der Waals surface area contributed by atoms with Crippen LogP contribution in [0.4, 0.5) is 17.6 Å². The van der Waals surface area contributed by atoms with Crippen LogP contribution in [0, 0.1) is 5.82 Å². The van der Waals surface area contributed by atoms with E-state index in [2.05, 4.69) is 16.0 Å². The third-order valence-electron chi connectivity index (χ3n) is 4.74. The van der Waals surface area contributed by atoms with Gasteiger partial charge < -0.3 is 24.7 Å². The number of aliphatic hydroxyl groups excluding tert-OH is 1. The molecule has 5 atom stereocenters. The molecule has 14 heteroatoms. The molecule has 2 amide bonds. The number of ether oxygens (including phenoxy) is 1. The van der Waals surface area contributed by atoms with E-state index in [1.807, 2.05) is 0 Å². The highest BCUT2D eigenvalue weighted by molar-refractivity contribution is 7.95. The van der Waals surface area contributed by atoms with Crippen LogP contribution >= 0.6 is 23.6 Å². The Labute approximate surface area is 195 Å². The van der Waals surface area contributed by atoms with Gasteiger partial charge in [-0.3, -0.25) is 14.9 Å². The molecule has 1 fully saturated rings. The smallest absolute Gasteiger partial charge is 0.415 e. The Kier molecular flexibility index (Phi) is 8.45. The van der Waals surface area contributed by atoms with Crippen LogP contribution in [0.25, 0.3) is 0 Å². The molecule has 0 saturated carbocycles. The van der Waals surface area contributed by atoms with Crippen molar-refractivity contribution in [2.45, 2.75) is 42.2 Å². The molecule has 0 spiro atoms. The molecule has 0 aromatic heterocycles. The van der Waals surface area contributed by atoms with Gasteiger partial charge in [-0.15, -0.1) is 0 Å². The van der Waals surface area contributed by atoms with E-state index in [-0.39, 0.29) is 35.8 Å². The molecule has 1 saturated heterocycles. The van der Waals surface area contributed by atoms with Crippen molar-refractivity contribution >= 4 is 35.5 Å². The maximum absolute atomic E-state index is 13.4. The third kappa shape index (κ3) is 7.21. The number of carbonyl (C=O) groups excluding carboxylic acids is 2. The van der Waals surface area contributed by atoms with E-state index >= 15 is 0 Å². The van der Waals surface area contributed by atoms with Crippen LogP contribution in [-0.2, 0) is 13.8 Å². The number of rotatable bonds is 6. The van der Waals surface area contributed by atoms with Gasteiger partial charge in [0, 0.05) is 24.2 Å². The topological polar surface area (TPSA) is 109 Å². The van der Waals surface area contributed by atoms with Gasteiger partial charge in [0.1, 0.15) is 17.6 Å². The van der Waals surface area contributed by atoms with Gasteiger partial charge in [-0.25, -0.2) is 4.39 Å². The Balaban J connectivity index is 1.46. The van der Waals surface area contributed by atoms with Crippen molar-refractivity contribution in [2.75, 3.05) is 13.2 Å². The monoisotopic (exact) mass is 513 g/mol. The van der Waals surface area contributed by atoms with Crippen molar-refractivity contribution in [3.63, 3.8) is 0 Å². The summed E-state index contributed by atoms with van der Waals surface area (Å²) in [5.74, 6) is -1.89. The summed E-state index contributed by atoms with van der Waals surface area (Å²) in [5, 5.41) is 15.4. The van der Waals surface area contributed by atoms with Crippen molar-refractivity contribution < 1.29 is 41.2 Å². The maximum atomic E-state index is 13.4. The first-order chi connectivity index (χ1) is 15.5. The van der Waals surface area contributed by atoms with E-state index in [1.54, 1.807) is 0 Å². The van der Waals surface area contributed by atoms with E-state index in [4.69, 9.17) is 20.5 Å². The van der Waals surface area contributed by atoms with Gasteiger partial charge in [-0.05, 0) is 18.6 Å². The number of benzene rings is 1. The lowest BCUT2D eigenvalue weighted by Gasteiger charge is -2.33. The quantitative estimate of drug-likeness (QED) is 0.260. The van der Waals surface area contributed by atoms with Gasteiger partial charge in [0.15, 0.2) is 12.0 Å². The number of nitrogens with one attached hydrogen (secondary N) is 3. The minimum atomic E-state index is -4.58. The summed E-state index contributed by atoms with van der Waals surface area (Å²) < 4.78 is 61.8. The summed E-state index contributed by atoms with van der Waals surface area (Å²) in [6.45, 7) is -0.692. The number of alkyl halides is 3. The minimum Gasteiger partial charge on any atom is -0.484 e. The average molecular weight is 514 g/mol. The number of hydrogen-bond acceptors (Lipinski definition) is 7. The Hall–Kier alpha value is -2.06. The van der Waals surface area contributed by atoms with Gasteiger partial charge in [0.2, 0.25) is 5.91 Å². The van der Waals surface area contributed by atoms with E-state index in [0.717, 1.165) is 6.07 Å². The Morgan fingerprint density at radius 2 is 2.06 bits per heavy atom. The van der Waals surface area contributed by atoms with Crippen LogP contribution in [0.15, 0.2) is 30.4 Å². The summed E-state index contributed by atoms with van der Waals surface area (Å²) >= 11 is 5.78. The molecule has 1 aromatic rings. The number of hydrogen-bond donors (Lipinski definition) is 4. The van der Waals surface area contributed by atoms with Gasteiger partial charge in [-0.2, -0.15) is 13.2 Å². The first-order valence-corrected chi connectivity index (χ1v) is 10.9. The minimum absolute atomic E-state index is 0.0153. The lowest BCUT2D eigenvalue weighted by atomic mass is 9.95. The molecule has 1 heterocycles. The van der Waals surface area contributed by atoms with Gasteiger partial charge in [0.05, 0.1) is 23.8 Å². The Morgan fingerprint density at radius 1 is 1.30 bits per heavy atom. The van der Waals surface area contributed by atoms with Crippen molar-refractivity contribution in [3.8, 4) is 5.75 Å². The fourth-order valence-electron chi connectivity index (χ4n) is 3.08. The Morgan fingerprint density at radius 3 is 2.73 bits per heavy atom. The molecule has 0 bridgehead atoms. The number of aliphatic hydroxyl groups is 1. The largest absolute Gasteiger partial charge is 0.484 e. The molecule has 33 heavy (non-hydrogen) atoms. The van der Waals surface area contributed by atoms with Crippen LogP contribution in [0.1, 0.15) is 6.42 Å². The maximum Gasteiger partial charge on any atom is 0.415 e. The summed E-state index contributed by atoms with van der Waals surface area (Å²) in [6.07, 6.45) is -2.67. The van der Waals surface area contributed by atoms with E-state index in [1.165, 1.54) is 24.3 Å². The van der Waals surface area contributed by atoms with Crippen molar-refractivity contribution in [1.82, 2.24) is 16.0 Å². The van der Waals surface area contributed by atoms with E-state index in [0.29, 0.717) is 0 Å². The van der Waals surface area contributed by atoms with Gasteiger partial charge in [0.25, 0.3) is 5.91 Å². The second-order valence-electron chi connectivity index (χ2n) is 7.28. The molecule has 3 rings (SSSR count). The van der Waals surface area contributed by atoms with Gasteiger partial charge in [-0.1, -0.05) is 23.8 Å². The Bertz CT molecular complexity index is 907. The van der Waals surface area contributed by atoms with E-state index < -0.39 is 60.0 Å². The number of carbonyl (C=O) groups is 2. The zero-order valence-electron chi connectivity index (χ0n) is 16.8.